The third-order valence-electron chi connectivity index (χ3n) is 0.920. The largest absolute Gasteiger partial charge is 0.392 e. The molecule has 0 aliphatic carbocycles. The van der Waals surface area contributed by atoms with Gasteiger partial charge in [0.1, 0.15) is 0 Å². The lowest BCUT2D eigenvalue weighted by Crippen LogP contribution is -2.00. The maximum atomic E-state index is 5.01. The SMILES string of the molecule is C#CC/C=C(\C)NC. The number of rotatable bonds is 2. The van der Waals surface area contributed by atoms with Crippen molar-refractivity contribution in [2.24, 2.45) is 0 Å². The van der Waals surface area contributed by atoms with Crippen LogP contribution >= 0.6 is 0 Å². The van der Waals surface area contributed by atoms with Gasteiger partial charge >= 0.3 is 0 Å². The van der Waals surface area contributed by atoms with Gasteiger partial charge in [0.15, 0.2) is 0 Å². The minimum Gasteiger partial charge on any atom is -0.392 e. The van der Waals surface area contributed by atoms with Crippen LogP contribution < -0.4 is 5.32 Å². The van der Waals surface area contributed by atoms with Crippen LogP contribution in [-0.2, 0) is 0 Å². The highest BCUT2D eigenvalue weighted by Crippen LogP contribution is 1.86. The van der Waals surface area contributed by atoms with Gasteiger partial charge in [-0.2, -0.15) is 0 Å². The molecule has 0 heterocycles. The predicted octanol–water partition coefficient (Wildman–Crippen LogP) is 1.13. The van der Waals surface area contributed by atoms with Gasteiger partial charge in [0, 0.05) is 19.2 Å². The lowest BCUT2D eigenvalue weighted by atomic mass is 10.3. The molecular formula is C7H11N. The summed E-state index contributed by atoms with van der Waals surface area (Å²) in [5, 5.41) is 2.97. The third-order valence-corrected chi connectivity index (χ3v) is 0.920. The van der Waals surface area contributed by atoms with Gasteiger partial charge in [-0.15, -0.1) is 12.3 Å². The maximum absolute atomic E-state index is 5.01. The second-order valence-electron chi connectivity index (χ2n) is 1.55. The number of allylic oxidation sites excluding steroid dienone is 2. The summed E-state index contributed by atoms with van der Waals surface area (Å²) in [6.07, 6.45) is 7.70. The van der Waals surface area contributed by atoms with Crippen molar-refractivity contribution in [2.45, 2.75) is 13.3 Å². The van der Waals surface area contributed by atoms with E-state index in [0.717, 1.165) is 5.70 Å². The number of terminal acetylenes is 1. The van der Waals surface area contributed by atoms with E-state index in [4.69, 9.17) is 6.42 Å². The quantitative estimate of drug-likeness (QED) is 0.524. The van der Waals surface area contributed by atoms with Gasteiger partial charge in [0.25, 0.3) is 0 Å². The zero-order valence-corrected chi connectivity index (χ0v) is 5.36. The van der Waals surface area contributed by atoms with Crippen LogP contribution in [0.5, 0.6) is 0 Å². The first-order chi connectivity index (χ1) is 3.81. The molecule has 0 unspecified atom stereocenters. The molecule has 0 aliphatic rings. The molecule has 1 nitrogen and oxygen atoms in total. The monoisotopic (exact) mass is 109 g/mol. The van der Waals surface area contributed by atoms with Crippen molar-refractivity contribution in [3.05, 3.63) is 11.8 Å². The molecule has 0 spiro atoms. The Bertz CT molecular complexity index is 117. The lowest BCUT2D eigenvalue weighted by molar-refractivity contribution is 0.978. The zero-order valence-electron chi connectivity index (χ0n) is 5.36. The fraction of sp³-hybridized carbons (Fsp3) is 0.429. The van der Waals surface area contributed by atoms with Gasteiger partial charge in [-0.3, -0.25) is 0 Å². The fourth-order valence-electron chi connectivity index (χ4n) is 0.314. The summed E-state index contributed by atoms with van der Waals surface area (Å²) in [4.78, 5) is 0. The first kappa shape index (κ1) is 7.10. The van der Waals surface area contributed by atoms with Crippen molar-refractivity contribution in [1.82, 2.24) is 5.32 Å². The summed E-state index contributed by atoms with van der Waals surface area (Å²) < 4.78 is 0. The fourth-order valence-corrected chi connectivity index (χ4v) is 0.314. The number of nitrogens with one attached hydrogen (secondary N) is 1. The molecule has 0 aromatic carbocycles. The summed E-state index contributed by atoms with van der Waals surface area (Å²) in [5.74, 6) is 2.52. The van der Waals surface area contributed by atoms with Crippen LogP contribution in [-0.4, -0.2) is 7.05 Å². The van der Waals surface area contributed by atoms with E-state index in [9.17, 15) is 0 Å². The van der Waals surface area contributed by atoms with Crippen LogP contribution in [0.1, 0.15) is 13.3 Å². The van der Waals surface area contributed by atoms with Crippen molar-refractivity contribution < 1.29 is 0 Å². The van der Waals surface area contributed by atoms with E-state index in [1.807, 2.05) is 20.0 Å². The van der Waals surface area contributed by atoms with Crippen molar-refractivity contribution in [3.8, 4) is 12.3 Å². The minimum atomic E-state index is 0.715. The van der Waals surface area contributed by atoms with E-state index < -0.39 is 0 Å². The summed E-state index contributed by atoms with van der Waals surface area (Å²) in [6.45, 7) is 1.98. The van der Waals surface area contributed by atoms with E-state index in [0.29, 0.717) is 6.42 Å². The minimum absolute atomic E-state index is 0.715. The van der Waals surface area contributed by atoms with Crippen molar-refractivity contribution >= 4 is 0 Å². The average molecular weight is 109 g/mol. The second kappa shape index (κ2) is 4.26. The Morgan fingerprint density at radius 3 is 2.88 bits per heavy atom. The van der Waals surface area contributed by atoms with Crippen LogP contribution in [0.3, 0.4) is 0 Å². The Balaban J connectivity index is 3.45. The first-order valence-corrected chi connectivity index (χ1v) is 2.59. The van der Waals surface area contributed by atoms with E-state index in [1.54, 1.807) is 0 Å². The molecule has 0 aromatic heterocycles. The molecule has 0 saturated heterocycles. The normalized spacial score (nSPS) is 10.4. The van der Waals surface area contributed by atoms with E-state index in [2.05, 4.69) is 11.2 Å². The van der Waals surface area contributed by atoms with Gasteiger partial charge in [0.05, 0.1) is 0 Å². The molecule has 8 heavy (non-hydrogen) atoms. The molecule has 0 aromatic rings. The Morgan fingerprint density at radius 1 is 1.88 bits per heavy atom. The van der Waals surface area contributed by atoms with E-state index in [1.165, 1.54) is 0 Å². The van der Waals surface area contributed by atoms with Crippen LogP contribution in [0.4, 0.5) is 0 Å². The zero-order chi connectivity index (χ0) is 6.41. The predicted molar refractivity (Wildman–Crippen MR) is 36.3 cm³/mol. The standard InChI is InChI=1S/C7H11N/c1-4-5-6-7(2)8-3/h1,6,8H,5H2,2-3H3/b7-6+. The van der Waals surface area contributed by atoms with Gasteiger partial charge in [-0.1, -0.05) is 6.08 Å². The van der Waals surface area contributed by atoms with E-state index in [-0.39, 0.29) is 0 Å². The maximum Gasteiger partial charge on any atom is 0.0286 e. The molecule has 0 aliphatic heterocycles. The Labute approximate surface area is 50.8 Å². The molecular weight excluding hydrogens is 98.1 g/mol. The van der Waals surface area contributed by atoms with Crippen molar-refractivity contribution in [2.75, 3.05) is 7.05 Å². The Morgan fingerprint density at radius 2 is 2.50 bits per heavy atom. The van der Waals surface area contributed by atoms with Crippen molar-refractivity contribution in [3.63, 3.8) is 0 Å². The van der Waals surface area contributed by atoms with Gasteiger partial charge < -0.3 is 5.32 Å². The highest BCUT2D eigenvalue weighted by molar-refractivity contribution is 5.02. The lowest BCUT2D eigenvalue weighted by Gasteiger charge is -1.93. The Kier molecular flexibility index (Phi) is 3.78. The van der Waals surface area contributed by atoms with Gasteiger partial charge in [0.2, 0.25) is 0 Å². The van der Waals surface area contributed by atoms with Crippen LogP contribution in [0.15, 0.2) is 11.8 Å². The smallest absolute Gasteiger partial charge is 0.0286 e. The molecule has 0 radical (unpaired) electrons. The third kappa shape index (κ3) is 3.30. The molecule has 1 heteroatoms. The molecule has 0 bridgehead atoms. The summed E-state index contributed by atoms with van der Waals surface area (Å²) in [6, 6.07) is 0. The van der Waals surface area contributed by atoms with Gasteiger partial charge in [-0.05, 0) is 6.92 Å². The molecule has 44 valence electrons. The van der Waals surface area contributed by atoms with Crippen LogP contribution in [0, 0.1) is 12.3 Å². The highest BCUT2D eigenvalue weighted by Gasteiger charge is 1.75. The highest BCUT2D eigenvalue weighted by atomic mass is 14.8. The molecule has 0 saturated carbocycles. The summed E-state index contributed by atoms with van der Waals surface area (Å²) in [5.41, 5.74) is 1.13. The number of hydrogen-bond acceptors (Lipinski definition) is 1. The molecule has 0 atom stereocenters. The molecule has 0 amide bonds. The second-order valence-corrected chi connectivity index (χ2v) is 1.55. The molecule has 1 N–H and O–H groups in total. The Hall–Kier alpha value is -0.900. The molecule has 0 fully saturated rings. The van der Waals surface area contributed by atoms with Gasteiger partial charge in [-0.25, -0.2) is 0 Å². The number of hydrogen-bond donors (Lipinski definition) is 1. The van der Waals surface area contributed by atoms with E-state index >= 15 is 0 Å². The topological polar surface area (TPSA) is 12.0 Å². The molecule has 0 rings (SSSR count). The van der Waals surface area contributed by atoms with Crippen LogP contribution in [0.25, 0.3) is 0 Å². The first-order valence-electron chi connectivity index (χ1n) is 2.59. The van der Waals surface area contributed by atoms with Crippen molar-refractivity contribution in [1.29, 1.82) is 0 Å². The summed E-state index contributed by atoms with van der Waals surface area (Å²) in [7, 11) is 1.88. The van der Waals surface area contributed by atoms with Crippen LogP contribution in [0.2, 0.25) is 0 Å². The average Bonchev–Trinajstić information content (AvgIpc) is 1.83. The summed E-state index contributed by atoms with van der Waals surface area (Å²) >= 11 is 0.